The Morgan fingerprint density at radius 1 is 1.25 bits per heavy atom. The average molecular weight is 242 g/mol. The Balaban J connectivity index is 2.82. The topological polar surface area (TPSA) is 38.7 Å². The summed E-state index contributed by atoms with van der Waals surface area (Å²) in [5.41, 5.74) is 0. The van der Waals surface area contributed by atoms with Crippen molar-refractivity contribution in [3.63, 3.8) is 0 Å². The fraction of sp³-hybridized carbons (Fsp3) is 0.500. The molecule has 1 aromatic carbocycles. The molecule has 0 radical (unpaired) electrons. The number of ether oxygens (including phenoxy) is 2. The Hall–Kier alpha value is -0.870. The highest BCUT2D eigenvalue weighted by Gasteiger charge is 2.09. The van der Waals surface area contributed by atoms with Crippen molar-refractivity contribution in [3.8, 4) is 11.5 Å². The SMILES string of the molecule is CCC(CO)Sc1ccc(OC)c(OC)c1. The van der Waals surface area contributed by atoms with Crippen molar-refractivity contribution in [1.29, 1.82) is 0 Å². The van der Waals surface area contributed by atoms with Crippen molar-refractivity contribution in [3.05, 3.63) is 18.2 Å². The average Bonchev–Trinajstić information content (AvgIpc) is 2.35. The van der Waals surface area contributed by atoms with E-state index < -0.39 is 0 Å². The second kappa shape index (κ2) is 6.66. The molecule has 0 aromatic heterocycles. The molecule has 0 spiro atoms. The van der Waals surface area contributed by atoms with Crippen molar-refractivity contribution in [2.45, 2.75) is 23.5 Å². The maximum atomic E-state index is 9.14. The number of hydrogen-bond acceptors (Lipinski definition) is 4. The van der Waals surface area contributed by atoms with E-state index in [1.54, 1.807) is 26.0 Å². The van der Waals surface area contributed by atoms with Gasteiger partial charge in [-0.2, -0.15) is 0 Å². The maximum Gasteiger partial charge on any atom is 0.161 e. The third-order valence-corrected chi connectivity index (χ3v) is 3.66. The van der Waals surface area contributed by atoms with Crippen LogP contribution in [0.3, 0.4) is 0 Å². The van der Waals surface area contributed by atoms with Crippen LogP contribution in [-0.4, -0.2) is 31.2 Å². The summed E-state index contributed by atoms with van der Waals surface area (Å²) < 4.78 is 10.4. The van der Waals surface area contributed by atoms with Gasteiger partial charge in [-0.3, -0.25) is 0 Å². The number of aliphatic hydroxyl groups excluding tert-OH is 1. The zero-order valence-corrected chi connectivity index (χ0v) is 10.7. The van der Waals surface area contributed by atoms with Gasteiger partial charge in [0, 0.05) is 10.1 Å². The third-order valence-electron chi connectivity index (χ3n) is 2.32. The summed E-state index contributed by atoms with van der Waals surface area (Å²) >= 11 is 1.65. The molecule has 0 aliphatic heterocycles. The van der Waals surface area contributed by atoms with E-state index in [9.17, 15) is 0 Å². The Morgan fingerprint density at radius 3 is 2.44 bits per heavy atom. The Bertz CT molecular complexity index is 324. The summed E-state index contributed by atoms with van der Waals surface area (Å²) in [5, 5.41) is 9.37. The van der Waals surface area contributed by atoms with Gasteiger partial charge in [0.05, 0.1) is 20.8 Å². The highest BCUT2D eigenvalue weighted by Crippen LogP contribution is 2.33. The van der Waals surface area contributed by atoms with Crippen LogP contribution < -0.4 is 9.47 Å². The Kier molecular flexibility index (Phi) is 5.49. The zero-order valence-electron chi connectivity index (χ0n) is 9.90. The molecule has 0 aliphatic rings. The fourth-order valence-corrected chi connectivity index (χ4v) is 2.28. The predicted octanol–water partition coefficient (Wildman–Crippen LogP) is 2.57. The van der Waals surface area contributed by atoms with Crippen LogP contribution in [0.1, 0.15) is 13.3 Å². The first-order chi connectivity index (χ1) is 7.74. The normalized spacial score (nSPS) is 12.2. The lowest BCUT2D eigenvalue weighted by atomic mass is 10.3. The van der Waals surface area contributed by atoms with E-state index in [0.29, 0.717) is 0 Å². The molecule has 1 N–H and O–H groups in total. The van der Waals surface area contributed by atoms with Gasteiger partial charge in [-0.25, -0.2) is 0 Å². The first kappa shape index (κ1) is 13.2. The van der Waals surface area contributed by atoms with Crippen molar-refractivity contribution in [2.24, 2.45) is 0 Å². The Labute approximate surface area is 101 Å². The molecule has 0 saturated heterocycles. The van der Waals surface area contributed by atoms with Crippen molar-refractivity contribution in [2.75, 3.05) is 20.8 Å². The van der Waals surface area contributed by atoms with E-state index in [0.717, 1.165) is 22.8 Å². The molecule has 0 aliphatic carbocycles. The van der Waals surface area contributed by atoms with Crippen molar-refractivity contribution >= 4 is 11.8 Å². The number of hydrogen-bond donors (Lipinski definition) is 1. The molecule has 1 atom stereocenters. The summed E-state index contributed by atoms with van der Waals surface area (Å²) in [6.45, 7) is 2.25. The third kappa shape index (κ3) is 3.32. The van der Waals surface area contributed by atoms with Gasteiger partial charge >= 0.3 is 0 Å². The van der Waals surface area contributed by atoms with Crippen LogP contribution in [-0.2, 0) is 0 Å². The van der Waals surface area contributed by atoms with E-state index >= 15 is 0 Å². The molecular weight excluding hydrogens is 224 g/mol. The fourth-order valence-electron chi connectivity index (χ4n) is 1.33. The molecule has 1 unspecified atom stereocenters. The summed E-state index contributed by atoms with van der Waals surface area (Å²) in [6, 6.07) is 5.79. The molecule has 1 aromatic rings. The number of methoxy groups -OCH3 is 2. The second-order valence-electron chi connectivity index (χ2n) is 3.35. The van der Waals surface area contributed by atoms with Crippen molar-refractivity contribution in [1.82, 2.24) is 0 Å². The molecule has 0 fully saturated rings. The predicted molar refractivity (Wildman–Crippen MR) is 66.6 cm³/mol. The Morgan fingerprint density at radius 2 is 1.94 bits per heavy atom. The standard InChI is InChI=1S/C12H18O3S/c1-4-9(8-13)16-10-5-6-11(14-2)12(7-10)15-3/h5-7,9,13H,4,8H2,1-3H3. The summed E-state index contributed by atoms with van der Waals surface area (Å²) in [6.07, 6.45) is 0.940. The van der Waals surface area contributed by atoms with E-state index in [4.69, 9.17) is 14.6 Å². The van der Waals surface area contributed by atoms with Gasteiger partial charge in [-0.05, 0) is 24.6 Å². The highest BCUT2D eigenvalue weighted by atomic mass is 32.2. The minimum absolute atomic E-state index is 0.190. The van der Waals surface area contributed by atoms with Gasteiger partial charge in [0.15, 0.2) is 11.5 Å². The summed E-state index contributed by atoms with van der Waals surface area (Å²) in [5.74, 6) is 1.45. The van der Waals surface area contributed by atoms with E-state index in [1.165, 1.54) is 0 Å². The van der Waals surface area contributed by atoms with E-state index in [2.05, 4.69) is 6.92 Å². The first-order valence-electron chi connectivity index (χ1n) is 5.24. The minimum atomic E-state index is 0.190. The van der Waals surface area contributed by atoms with E-state index in [-0.39, 0.29) is 11.9 Å². The van der Waals surface area contributed by atoms with Crippen LogP contribution in [0.5, 0.6) is 11.5 Å². The molecule has 1 rings (SSSR count). The number of aliphatic hydroxyl groups is 1. The quantitative estimate of drug-likeness (QED) is 0.778. The monoisotopic (exact) mass is 242 g/mol. The molecule has 0 saturated carbocycles. The van der Waals surface area contributed by atoms with Gasteiger partial charge < -0.3 is 14.6 Å². The molecular formula is C12H18O3S. The lowest BCUT2D eigenvalue weighted by Gasteiger charge is -2.13. The van der Waals surface area contributed by atoms with E-state index in [1.807, 2.05) is 18.2 Å². The molecule has 0 bridgehead atoms. The van der Waals surface area contributed by atoms with Gasteiger partial charge in [0.2, 0.25) is 0 Å². The van der Waals surface area contributed by atoms with Crippen LogP contribution >= 0.6 is 11.8 Å². The maximum absolute atomic E-state index is 9.14. The molecule has 3 nitrogen and oxygen atoms in total. The zero-order chi connectivity index (χ0) is 12.0. The van der Waals surface area contributed by atoms with Crippen molar-refractivity contribution < 1.29 is 14.6 Å². The summed E-state index contributed by atoms with van der Waals surface area (Å²) in [7, 11) is 3.24. The molecule has 90 valence electrons. The molecule has 0 amide bonds. The van der Waals surface area contributed by atoms with Gasteiger partial charge in [-0.1, -0.05) is 6.92 Å². The lowest BCUT2D eigenvalue weighted by molar-refractivity contribution is 0.292. The first-order valence-corrected chi connectivity index (χ1v) is 6.12. The van der Waals surface area contributed by atoms with Crippen LogP contribution in [0, 0.1) is 0 Å². The molecule has 16 heavy (non-hydrogen) atoms. The van der Waals surface area contributed by atoms with Crippen LogP contribution in [0.15, 0.2) is 23.1 Å². The second-order valence-corrected chi connectivity index (χ2v) is 4.72. The smallest absolute Gasteiger partial charge is 0.161 e. The largest absolute Gasteiger partial charge is 0.493 e. The molecule has 0 heterocycles. The van der Waals surface area contributed by atoms with Gasteiger partial charge in [-0.15, -0.1) is 11.8 Å². The number of thioether (sulfide) groups is 1. The van der Waals surface area contributed by atoms with Crippen LogP contribution in [0.2, 0.25) is 0 Å². The lowest BCUT2D eigenvalue weighted by Crippen LogP contribution is -2.05. The number of benzene rings is 1. The van der Waals surface area contributed by atoms with Gasteiger partial charge in [0.25, 0.3) is 0 Å². The van der Waals surface area contributed by atoms with Crippen LogP contribution in [0.25, 0.3) is 0 Å². The highest BCUT2D eigenvalue weighted by molar-refractivity contribution is 8.00. The summed E-state index contributed by atoms with van der Waals surface area (Å²) in [4.78, 5) is 1.08. The minimum Gasteiger partial charge on any atom is -0.493 e. The number of rotatable bonds is 6. The van der Waals surface area contributed by atoms with Crippen LogP contribution in [0.4, 0.5) is 0 Å². The van der Waals surface area contributed by atoms with Gasteiger partial charge in [0.1, 0.15) is 0 Å². The molecule has 4 heteroatoms.